The van der Waals surface area contributed by atoms with Gasteiger partial charge in [-0.3, -0.25) is 4.99 Å². The summed E-state index contributed by atoms with van der Waals surface area (Å²) in [5.74, 6) is 0.0681. The van der Waals surface area contributed by atoms with Crippen LogP contribution < -0.4 is 14.8 Å². The van der Waals surface area contributed by atoms with Gasteiger partial charge in [-0.15, -0.1) is 0 Å². The van der Waals surface area contributed by atoms with Crippen LogP contribution in [0.15, 0.2) is 53.5 Å². The molecular formula is C46H46N2O8. The van der Waals surface area contributed by atoms with E-state index in [-0.39, 0.29) is 63.7 Å². The third-order valence-electron chi connectivity index (χ3n) is 11.5. The van der Waals surface area contributed by atoms with Crippen molar-refractivity contribution in [2.24, 2.45) is 4.99 Å². The van der Waals surface area contributed by atoms with E-state index in [1.165, 1.54) is 26.4 Å². The van der Waals surface area contributed by atoms with Crippen LogP contribution in [0.4, 0.5) is 0 Å². The number of fused-ring (bicyclic) bond motifs is 4. The lowest BCUT2D eigenvalue weighted by Crippen LogP contribution is -2.36. The highest BCUT2D eigenvalue weighted by atomic mass is 16.5. The van der Waals surface area contributed by atoms with Gasteiger partial charge < -0.3 is 45.4 Å². The Hall–Kier alpha value is -6.13. The summed E-state index contributed by atoms with van der Waals surface area (Å²) in [4.78, 5) is 4.72. The first kappa shape index (κ1) is 36.8. The number of benzene rings is 6. The lowest BCUT2D eigenvalue weighted by molar-refractivity contribution is 0.402. The highest BCUT2D eigenvalue weighted by molar-refractivity contribution is 6.14. The van der Waals surface area contributed by atoms with E-state index in [1.807, 2.05) is 65.8 Å². The first-order valence-electron chi connectivity index (χ1n) is 18.8. The molecule has 0 fully saturated rings. The van der Waals surface area contributed by atoms with Crippen molar-refractivity contribution in [1.29, 1.82) is 0 Å². The maximum absolute atomic E-state index is 12.5. The Morgan fingerprint density at radius 1 is 0.589 bits per heavy atom. The average Bonchev–Trinajstić information content (AvgIpc) is 3.11. The van der Waals surface area contributed by atoms with Crippen molar-refractivity contribution < 1.29 is 40.1 Å². The molecule has 3 unspecified atom stereocenters. The molecule has 3 atom stereocenters. The van der Waals surface area contributed by atoms with Crippen LogP contribution in [0.5, 0.6) is 46.0 Å². The van der Waals surface area contributed by atoms with E-state index in [4.69, 9.17) is 14.5 Å². The molecule has 10 nitrogen and oxygen atoms in total. The van der Waals surface area contributed by atoms with Crippen LogP contribution in [0.3, 0.4) is 0 Å². The molecular weight excluding hydrogens is 709 g/mol. The summed E-state index contributed by atoms with van der Waals surface area (Å²) in [7, 11) is 3.05. The zero-order chi connectivity index (χ0) is 40.1. The van der Waals surface area contributed by atoms with Crippen LogP contribution >= 0.6 is 0 Å². The maximum atomic E-state index is 12.5. The second-order valence-corrected chi connectivity index (χ2v) is 15.5. The molecule has 0 spiro atoms. The fourth-order valence-electron chi connectivity index (χ4n) is 9.38. The number of phenols is 6. The minimum absolute atomic E-state index is 0.0175. The van der Waals surface area contributed by atoms with Crippen molar-refractivity contribution in [3.05, 3.63) is 81.9 Å². The Morgan fingerprint density at radius 2 is 1.07 bits per heavy atom. The van der Waals surface area contributed by atoms with Gasteiger partial charge in [0.15, 0.2) is 0 Å². The van der Waals surface area contributed by atoms with Gasteiger partial charge in [-0.1, -0.05) is 12.1 Å². The second kappa shape index (κ2) is 13.3. The van der Waals surface area contributed by atoms with E-state index in [2.05, 4.69) is 5.32 Å². The third kappa shape index (κ3) is 5.53. The molecule has 0 aliphatic carbocycles. The van der Waals surface area contributed by atoms with Gasteiger partial charge in [0.05, 0.1) is 31.0 Å². The number of aromatic hydroxyl groups is 6. The van der Waals surface area contributed by atoms with E-state index >= 15 is 0 Å². The molecule has 288 valence electrons. The minimum Gasteiger partial charge on any atom is -0.507 e. The van der Waals surface area contributed by atoms with Gasteiger partial charge in [-0.25, -0.2) is 0 Å². The number of nitrogens with zero attached hydrogens (tertiary/aromatic N) is 1. The van der Waals surface area contributed by atoms with Crippen molar-refractivity contribution in [2.75, 3.05) is 14.2 Å². The van der Waals surface area contributed by atoms with Crippen molar-refractivity contribution in [2.45, 2.75) is 72.5 Å². The number of phenolic OH excluding ortho intramolecular Hbond substituents is 6. The fourth-order valence-corrected chi connectivity index (χ4v) is 9.38. The second-order valence-electron chi connectivity index (χ2n) is 15.5. The standard InChI is InChI=1S/C46H46N2O8/c1-19-9-25-27(41-31-13-21(3)47-23(5)39(31)33(49)17-35(41)51)15-29(45(53)43(25)37(11-19)55-7)30-16-28(26-10-20(2)12-38(56-8)44(26)46(30)54)42-32-14-22(4)48-24(6)40(32)34(50)18-36(42)52/h9-12,15-18,21,23-24,47,49-54H,13-14H2,1-8H3. The van der Waals surface area contributed by atoms with Gasteiger partial charge in [-0.05, 0) is 116 Å². The number of ether oxygens (including phenoxy) is 2. The van der Waals surface area contributed by atoms with Crippen LogP contribution in [-0.4, -0.2) is 56.6 Å². The highest BCUT2D eigenvalue weighted by Gasteiger charge is 2.33. The molecule has 56 heavy (non-hydrogen) atoms. The number of rotatable bonds is 5. The number of aryl methyl sites for hydroxylation is 2. The number of hydrogen-bond donors (Lipinski definition) is 7. The summed E-state index contributed by atoms with van der Waals surface area (Å²) in [6.07, 6.45) is 0.877. The van der Waals surface area contributed by atoms with Gasteiger partial charge in [0.25, 0.3) is 0 Å². The van der Waals surface area contributed by atoms with Crippen LogP contribution in [-0.2, 0) is 12.8 Å². The van der Waals surface area contributed by atoms with E-state index in [0.717, 1.165) is 22.4 Å². The lowest BCUT2D eigenvalue weighted by atomic mass is 9.80. The third-order valence-corrected chi connectivity index (χ3v) is 11.5. The van der Waals surface area contributed by atoms with Gasteiger partial charge in [-0.2, -0.15) is 0 Å². The first-order valence-corrected chi connectivity index (χ1v) is 18.8. The van der Waals surface area contributed by atoms with Gasteiger partial charge in [0.1, 0.15) is 46.0 Å². The Bertz CT molecular complexity index is 2700. The average molecular weight is 755 g/mol. The molecule has 6 aromatic carbocycles. The molecule has 0 amide bonds. The van der Waals surface area contributed by atoms with Gasteiger partial charge in [0, 0.05) is 69.7 Å². The molecule has 0 radical (unpaired) electrons. The predicted molar refractivity (Wildman–Crippen MR) is 220 cm³/mol. The van der Waals surface area contributed by atoms with E-state index in [9.17, 15) is 30.6 Å². The summed E-state index contributed by atoms with van der Waals surface area (Å²) >= 11 is 0. The predicted octanol–water partition coefficient (Wildman–Crippen LogP) is 9.53. The van der Waals surface area contributed by atoms with Crippen LogP contribution in [0.1, 0.15) is 73.2 Å². The van der Waals surface area contributed by atoms with E-state index < -0.39 is 0 Å². The Balaban J connectivity index is 1.55. The van der Waals surface area contributed by atoms with Gasteiger partial charge in [0.2, 0.25) is 0 Å². The summed E-state index contributed by atoms with van der Waals surface area (Å²) in [5.41, 5.74) is 7.82. The minimum atomic E-state index is -0.371. The summed E-state index contributed by atoms with van der Waals surface area (Å²) in [5, 5.41) is 76.1. The Kier molecular flexibility index (Phi) is 8.73. The molecule has 0 aromatic heterocycles. The lowest BCUT2D eigenvalue weighted by Gasteiger charge is -2.32. The smallest absolute Gasteiger partial charge is 0.135 e. The summed E-state index contributed by atoms with van der Waals surface area (Å²) in [6.45, 7) is 11.7. The van der Waals surface area contributed by atoms with E-state index in [0.29, 0.717) is 84.8 Å². The van der Waals surface area contributed by atoms with Crippen molar-refractivity contribution in [1.82, 2.24) is 5.32 Å². The molecule has 7 N–H and O–H groups in total. The zero-order valence-corrected chi connectivity index (χ0v) is 32.7. The summed E-state index contributed by atoms with van der Waals surface area (Å²) < 4.78 is 11.8. The number of methoxy groups -OCH3 is 2. The van der Waals surface area contributed by atoms with Crippen LogP contribution in [0.25, 0.3) is 54.9 Å². The fraction of sp³-hybridized carbons (Fsp3) is 0.283. The molecule has 8 rings (SSSR count). The number of aliphatic imine (C=N–C) groups is 1. The molecule has 2 aliphatic heterocycles. The van der Waals surface area contributed by atoms with Crippen molar-refractivity contribution in [3.63, 3.8) is 0 Å². The largest absolute Gasteiger partial charge is 0.507 e. The van der Waals surface area contributed by atoms with Crippen LogP contribution in [0.2, 0.25) is 0 Å². The SMILES string of the molecule is COc1cc(C)cc2c(-c3c(O)cc(O)c4c3CC(C)=NC4C)cc(-c3cc(-c4c(O)cc(O)c5c4CC(C)NC5C)c4cc(C)cc(OC)c4c3O)c(O)c12. The molecule has 2 aliphatic rings. The number of hydrogen-bond acceptors (Lipinski definition) is 10. The van der Waals surface area contributed by atoms with Crippen molar-refractivity contribution >= 4 is 27.3 Å². The monoisotopic (exact) mass is 754 g/mol. The molecule has 2 heterocycles. The Morgan fingerprint density at radius 3 is 1.57 bits per heavy atom. The molecule has 10 heteroatoms. The zero-order valence-electron chi connectivity index (χ0n) is 32.7. The molecule has 0 bridgehead atoms. The van der Waals surface area contributed by atoms with Crippen LogP contribution in [0, 0.1) is 13.8 Å². The number of nitrogens with one attached hydrogen (secondary N) is 1. The summed E-state index contributed by atoms with van der Waals surface area (Å²) in [6, 6.07) is 13.1. The first-order chi connectivity index (χ1) is 26.6. The Labute approximate surface area is 325 Å². The molecule has 0 saturated carbocycles. The molecule has 6 aromatic rings. The van der Waals surface area contributed by atoms with E-state index in [1.54, 1.807) is 12.1 Å². The maximum Gasteiger partial charge on any atom is 0.135 e. The van der Waals surface area contributed by atoms with Crippen molar-refractivity contribution in [3.8, 4) is 79.4 Å². The van der Waals surface area contributed by atoms with Gasteiger partial charge >= 0.3 is 0 Å². The normalized spacial score (nSPS) is 17.8. The topological polar surface area (TPSA) is 164 Å². The highest BCUT2D eigenvalue weighted by Crippen LogP contribution is 2.56. The quantitative estimate of drug-likeness (QED) is 0.0908. The molecule has 0 saturated heterocycles.